The summed E-state index contributed by atoms with van der Waals surface area (Å²) in [5, 5.41) is 14.9. The molecule has 0 aliphatic carbocycles. The van der Waals surface area contributed by atoms with Crippen LogP contribution in [-0.4, -0.2) is 12.7 Å². The van der Waals surface area contributed by atoms with Crippen molar-refractivity contribution in [1.29, 1.82) is 5.26 Å². The zero-order chi connectivity index (χ0) is 17.6. The second-order valence-electron chi connectivity index (χ2n) is 5.19. The van der Waals surface area contributed by atoms with Crippen molar-refractivity contribution < 1.29 is 14.3 Å². The van der Waals surface area contributed by atoms with Crippen molar-refractivity contribution in [2.24, 2.45) is 0 Å². The molecule has 0 spiro atoms. The highest BCUT2D eigenvalue weighted by atomic mass is 127. The summed E-state index contributed by atoms with van der Waals surface area (Å²) in [6.07, 6.45) is 1.40. The number of benzene rings is 2. The van der Waals surface area contributed by atoms with E-state index in [9.17, 15) is 10.1 Å². The third-order valence-corrected chi connectivity index (χ3v) is 4.20. The van der Waals surface area contributed by atoms with E-state index in [0.717, 1.165) is 14.8 Å². The number of ether oxygens (including phenoxy) is 2. The topological polar surface area (TPSA) is 83.4 Å². The van der Waals surface area contributed by atoms with Crippen LogP contribution in [0.15, 0.2) is 54.2 Å². The number of rotatable bonds is 5. The van der Waals surface area contributed by atoms with E-state index < -0.39 is 5.91 Å². The Morgan fingerprint density at radius 2 is 1.96 bits per heavy atom. The molecule has 1 amide bonds. The first-order valence-corrected chi connectivity index (χ1v) is 8.52. The maximum atomic E-state index is 12.2. The minimum absolute atomic E-state index is 0.000654. The number of anilines is 1. The lowest BCUT2D eigenvalue weighted by Crippen LogP contribution is -2.24. The van der Waals surface area contributed by atoms with Gasteiger partial charge in [-0.3, -0.25) is 4.79 Å². The van der Waals surface area contributed by atoms with Gasteiger partial charge in [-0.1, -0.05) is 6.07 Å². The van der Waals surface area contributed by atoms with Crippen LogP contribution in [0.4, 0.5) is 5.69 Å². The van der Waals surface area contributed by atoms with Gasteiger partial charge in [0.05, 0.1) is 0 Å². The summed E-state index contributed by atoms with van der Waals surface area (Å²) in [5.41, 5.74) is 1.66. The Morgan fingerprint density at radius 1 is 1.20 bits per heavy atom. The second kappa shape index (κ2) is 7.90. The normalized spacial score (nSPS) is 12.4. The molecule has 0 aromatic heterocycles. The molecule has 0 radical (unpaired) electrons. The lowest BCUT2D eigenvalue weighted by molar-refractivity contribution is -0.117. The van der Waals surface area contributed by atoms with Gasteiger partial charge in [-0.05, 0) is 64.6 Å². The van der Waals surface area contributed by atoms with Crippen LogP contribution < -0.4 is 20.1 Å². The fourth-order valence-corrected chi connectivity index (χ4v) is 2.54. The molecule has 0 bridgehead atoms. The van der Waals surface area contributed by atoms with Crippen LogP contribution in [0.25, 0.3) is 0 Å². The quantitative estimate of drug-likeness (QED) is 0.418. The van der Waals surface area contributed by atoms with E-state index in [1.165, 1.54) is 6.20 Å². The Kier molecular flexibility index (Phi) is 5.40. The van der Waals surface area contributed by atoms with E-state index >= 15 is 0 Å². The molecular formula is C18H14IN3O3. The third-order valence-electron chi connectivity index (χ3n) is 3.48. The third kappa shape index (κ3) is 4.42. The highest BCUT2D eigenvalue weighted by Crippen LogP contribution is 2.32. The molecule has 126 valence electrons. The summed E-state index contributed by atoms with van der Waals surface area (Å²) in [7, 11) is 0. The molecular weight excluding hydrogens is 433 g/mol. The van der Waals surface area contributed by atoms with Gasteiger partial charge in [0, 0.05) is 22.0 Å². The zero-order valence-electron chi connectivity index (χ0n) is 13.1. The van der Waals surface area contributed by atoms with Crippen LogP contribution in [-0.2, 0) is 11.3 Å². The zero-order valence-corrected chi connectivity index (χ0v) is 15.2. The SMILES string of the molecule is N#C/C(=C/Nc1ccc(I)cc1)C(=O)NCc1ccc2c(c1)OCO2. The van der Waals surface area contributed by atoms with Crippen molar-refractivity contribution in [2.75, 3.05) is 12.1 Å². The molecule has 25 heavy (non-hydrogen) atoms. The van der Waals surface area contributed by atoms with Gasteiger partial charge >= 0.3 is 0 Å². The summed E-state index contributed by atoms with van der Waals surface area (Å²) in [5.74, 6) is 0.899. The Bertz CT molecular complexity index is 857. The molecule has 2 aromatic carbocycles. The maximum Gasteiger partial charge on any atom is 0.263 e. The molecule has 0 fully saturated rings. The minimum atomic E-state index is -0.446. The number of amides is 1. The lowest BCUT2D eigenvalue weighted by atomic mass is 10.2. The molecule has 7 heteroatoms. The molecule has 0 saturated carbocycles. The predicted molar refractivity (Wildman–Crippen MR) is 101 cm³/mol. The average molecular weight is 447 g/mol. The number of carbonyl (C=O) groups excluding carboxylic acids is 1. The second-order valence-corrected chi connectivity index (χ2v) is 6.44. The number of fused-ring (bicyclic) bond motifs is 1. The van der Waals surface area contributed by atoms with Crippen LogP contribution in [0.5, 0.6) is 11.5 Å². The van der Waals surface area contributed by atoms with Crippen molar-refractivity contribution in [1.82, 2.24) is 5.32 Å². The van der Waals surface area contributed by atoms with Gasteiger partial charge in [0.15, 0.2) is 11.5 Å². The highest BCUT2D eigenvalue weighted by molar-refractivity contribution is 14.1. The molecule has 2 aromatic rings. The molecule has 3 rings (SSSR count). The van der Waals surface area contributed by atoms with Crippen molar-refractivity contribution in [3.8, 4) is 17.6 Å². The monoisotopic (exact) mass is 447 g/mol. The van der Waals surface area contributed by atoms with E-state index in [1.807, 2.05) is 42.5 Å². The van der Waals surface area contributed by atoms with E-state index in [1.54, 1.807) is 6.07 Å². The molecule has 1 heterocycles. The van der Waals surface area contributed by atoms with E-state index in [4.69, 9.17) is 9.47 Å². The lowest BCUT2D eigenvalue weighted by Gasteiger charge is -2.06. The highest BCUT2D eigenvalue weighted by Gasteiger charge is 2.14. The van der Waals surface area contributed by atoms with Crippen molar-refractivity contribution in [3.05, 3.63) is 63.4 Å². The van der Waals surface area contributed by atoms with Gasteiger partial charge in [0.25, 0.3) is 5.91 Å². The number of nitriles is 1. The van der Waals surface area contributed by atoms with Gasteiger partial charge in [-0.2, -0.15) is 5.26 Å². The van der Waals surface area contributed by atoms with Gasteiger partial charge in [-0.25, -0.2) is 0 Å². The fourth-order valence-electron chi connectivity index (χ4n) is 2.18. The van der Waals surface area contributed by atoms with Crippen molar-refractivity contribution in [3.63, 3.8) is 0 Å². The standard InChI is InChI=1S/C18H14IN3O3/c19-14-2-4-15(5-3-14)21-10-13(8-20)18(23)22-9-12-1-6-16-17(7-12)25-11-24-16/h1-7,10,21H,9,11H2,(H,22,23)/b13-10-. The number of nitrogens with one attached hydrogen (secondary N) is 2. The molecule has 2 N–H and O–H groups in total. The fraction of sp³-hybridized carbons (Fsp3) is 0.111. The first-order chi connectivity index (χ1) is 12.2. The molecule has 0 atom stereocenters. The van der Waals surface area contributed by atoms with Crippen LogP contribution in [0.1, 0.15) is 5.56 Å². The summed E-state index contributed by atoms with van der Waals surface area (Å²) >= 11 is 2.21. The molecule has 0 saturated heterocycles. The number of hydrogen-bond donors (Lipinski definition) is 2. The summed E-state index contributed by atoms with van der Waals surface area (Å²) in [6.45, 7) is 0.495. The van der Waals surface area contributed by atoms with Gasteiger partial charge in [-0.15, -0.1) is 0 Å². The Hall–Kier alpha value is -2.73. The first kappa shape index (κ1) is 17.1. The summed E-state index contributed by atoms with van der Waals surface area (Å²) in [6, 6.07) is 15.0. The van der Waals surface area contributed by atoms with Crippen molar-refractivity contribution >= 4 is 34.2 Å². The number of hydrogen-bond acceptors (Lipinski definition) is 5. The van der Waals surface area contributed by atoms with Crippen LogP contribution in [0, 0.1) is 14.9 Å². The van der Waals surface area contributed by atoms with Gasteiger partial charge in [0.1, 0.15) is 11.6 Å². The Balaban J connectivity index is 1.59. The number of nitrogens with zero attached hydrogens (tertiary/aromatic N) is 1. The van der Waals surface area contributed by atoms with Crippen LogP contribution in [0.2, 0.25) is 0 Å². The van der Waals surface area contributed by atoms with Crippen molar-refractivity contribution in [2.45, 2.75) is 6.54 Å². The predicted octanol–water partition coefficient (Wildman–Crippen LogP) is 3.16. The van der Waals surface area contributed by atoms with E-state index in [0.29, 0.717) is 11.5 Å². The van der Waals surface area contributed by atoms with E-state index in [2.05, 4.69) is 33.2 Å². The molecule has 1 aliphatic rings. The van der Waals surface area contributed by atoms with E-state index in [-0.39, 0.29) is 18.9 Å². The largest absolute Gasteiger partial charge is 0.454 e. The van der Waals surface area contributed by atoms with Crippen LogP contribution >= 0.6 is 22.6 Å². The summed E-state index contributed by atoms with van der Waals surface area (Å²) in [4.78, 5) is 12.2. The average Bonchev–Trinajstić information content (AvgIpc) is 3.09. The molecule has 6 nitrogen and oxygen atoms in total. The maximum absolute atomic E-state index is 12.2. The smallest absolute Gasteiger partial charge is 0.263 e. The van der Waals surface area contributed by atoms with Crippen LogP contribution in [0.3, 0.4) is 0 Å². The number of carbonyl (C=O) groups is 1. The minimum Gasteiger partial charge on any atom is -0.454 e. The van der Waals surface area contributed by atoms with Gasteiger partial charge in [0.2, 0.25) is 6.79 Å². The van der Waals surface area contributed by atoms with Gasteiger partial charge < -0.3 is 20.1 Å². The Morgan fingerprint density at radius 3 is 2.72 bits per heavy atom. The Labute approximate surface area is 158 Å². The molecule has 0 unspecified atom stereocenters. The molecule has 1 aliphatic heterocycles. The first-order valence-electron chi connectivity index (χ1n) is 7.45. The number of halogens is 1. The summed E-state index contributed by atoms with van der Waals surface area (Å²) < 4.78 is 11.7.